The minimum Gasteiger partial charge on any atom is -0.320 e. The molecule has 0 radical (unpaired) electrons. The SMILES string of the molecule is Cc1cccc(C(N)c2ccc(Br)c3ccccc23)c1F. The van der Waals surface area contributed by atoms with Gasteiger partial charge in [0.25, 0.3) is 0 Å². The van der Waals surface area contributed by atoms with Gasteiger partial charge in [0.05, 0.1) is 6.04 Å². The molecule has 1 atom stereocenters. The highest BCUT2D eigenvalue weighted by atomic mass is 79.9. The van der Waals surface area contributed by atoms with Crippen LogP contribution < -0.4 is 5.73 Å². The van der Waals surface area contributed by atoms with E-state index >= 15 is 0 Å². The van der Waals surface area contributed by atoms with Crippen LogP contribution >= 0.6 is 15.9 Å². The van der Waals surface area contributed by atoms with Crippen LogP contribution in [0.25, 0.3) is 10.8 Å². The molecule has 0 fully saturated rings. The highest BCUT2D eigenvalue weighted by Crippen LogP contribution is 2.33. The van der Waals surface area contributed by atoms with Crippen molar-refractivity contribution in [2.45, 2.75) is 13.0 Å². The average Bonchev–Trinajstić information content (AvgIpc) is 2.50. The van der Waals surface area contributed by atoms with Crippen LogP contribution in [-0.4, -0.2) is 0 Å². The third-order valence-electron chi connectivity index (χ3n) is 3.80. The Labute approximate surface area is 131 Å². The van der Waals surface area contributed by atoms with Crippen LogP contribution in [0.4, 0.5) is 4.39 Å². The van der Waals surface area contributed by atoms with Gasteiger partial charge in [-0.15, -0.1) is 0 Å². The van der Waals surface area contributed by atoms with E-state index < -0.39 is 6.04 Å². The van der Waals surface area contributed by atoms with Crippen LogP contribution in [0.5, 0.6) is 0 Å². The molecule has 0 heterocycles. The van der Waals surface area contributed by atoms with E-state index in [0.717, 1.165) is 20.8 Å². The van der Waals surface area contributed by atoms with Crippen LogP contribution in [0, 0.1) is 12.7 Å². The van der Waals surface area contributed by atoms with Crippen LogP contribution in [0.15, 0.2) is 59.1 Å². The summed E-state index contributed by atoms with van der Waals surface area (Å²) in [5.74, 6) is -0.225. The second-order valence-electron chi connectivity index (χ2n) is 5.14. The molecule has 0 aliphatic rings. The molecule has 0 aliphatic carbocycles. The van der Waals surface area contributed by atoms with Gasteiger partial charge in [0.1, 0.15) is 5.82 Å². The van der Waals surface area contributed by atoms with Crippen molar-refractivity contribution >= 4 is 26.7 Å². The quantitative estimate of drug-likeness (QED) is 0.688. The maximum atomic E-state index is 14.3. The molecule has 21 heavy (non-hydrogen) atoms. The van der Waals surface area contributed by atoms with Gasteiger partial charge in [-0.1, -0.05) is 64.5 Å². The minimum atomic E-state index is -0.483. The van der Waals surface area contributed by atoms with Gasteiger partial charge in [0, 0.05) is 10.0 Å². The Morgan fingerprint density at radius 3 is 2.38 bits per heavy atom. The van der Waals surface area contributed by atoms with Gasteiger partial charge < -0.3 is 5.73 Å². The van der Waals surface area contributed by atoms with Crippen LogP contribution in [0.2, 0.25) is 0 Å². The summed E-state index contributed by atoms with van der Waals surface area (Å²) in [7, 11) is 0. The molecular weight excluding hydrogens is 329 g/mol. The van der Waals surface area contributed by atoms with E-state index in [2.05, 4.69) is 15.9 Å². The first kappa shape index (κ1) is 14.2. The summed E-state index contributed by atoms with van der Waals surface area (Å²) in [6.45, 7) is 1.76. The maximum Gasteiger partial charge on any atom is 0.131 e. The molecule has 0 aromatic heterocycles. The Hall–Kier alpha value is -1.71. The fourth-order valence-corrected chi connectivity index (χ4v) is 3.11. The van der Waals surface area contributed by atoms with E-state index in [1.165, 1.54) is 0 Å². The van der Waals surface area contributed by atoms with Crippen molar-refractivity contribution in [3.05, 3.63) is 81.6 Å². The van der Waals surface area contributed by atoms with Gasteiger partial charge in [0.2, 0.25) is 0 Å². The van der Waals surface area contributed by atoms with Crippen molar-refractivity contribution in [2.75, 3.05) is 0 Å². The van der Waals surface area contributed by atoms with E-state index in [-0.39, 0.29) is 5.82 Å². The molecule has 0 saturated carbocycles. The second kappa shape index (κ2) is 5.58. The fraction of sp³-hybridized carbons (Fsp3) is 0.111. The zero-order valence-corrected chi connectivity index (χ0v) is 13.2. The Morgan fingerprint density at radius 1 is 0.905 bits per heavy atom. The first-order valence-electron chi connectivity index (χ1n) is 6.77. The predicted octanol–water partition coefficient (Wildman–Crippen LogP) is 5.10. The molecule has 3 heteroatoms. The highest BCUT2D eigenvalue weighted by molar-refractivity contribution is 9.10. The van der Waals surface area contributed by atoms with E-state index in [4.69, 9.17) is 5.73 Å². The average molecular weight is 344 g/mol. The lowest BCUT2D eigenvalue weighted by Crippen LogP contribution is -2.14. The number of hydrogen-bond acceptors (Lipinski definition) is 1. The van der Waals surface area contributed by atoms with Crippen molar-refractivity contribution in [1.29, 1.82) is 0 Å². The molecule has 1 nitrogen and oxygen atoms in total. The molecule has 106 valence electrons. The Bertz CT molecular complexity index is 813. The van der Waals surface area contributed by atoms with Gasteiger partial charge in [-0.05, 0) is 34.9 Å². The van der Waals surface area contributed by atoms with Gasteiger partial charge in [-0.2, -0.15) is 0 Å². The number of fused-ring (bicyclic) bond motifs is 1. The zero-order valence-electron chi connectivity index (χ0n) is 11.6. The lowest BCUT2D eigenvalue weighted by Gasteiger charge is -2.17. The Morgan fingerprint density at radius 2 is 1.62 bits per heavy atom. The van der Waals surface area contributed by atoms with Crippen molar-refractivity contribution in [3.8, 4) is 0 Å². The molecule has 0 spiro atoms. The Balaban J connectivity index is 2.21. The third kappa shape index (κ3) is 2.47. The second-order valence-corrected chi connectivity index (χ2v) is 5.99. The zero-order chi connectivity index (χ0) is 15.0. The van der Waals surface area contributed by atoms with Crippen molar-refractivity contribution in [3.63, 3.8) is 0 Å². The summed E-state index contributed by atoms with van der Waals surface area (Å²) in [5, 5.41) is 2.12. The molecule has 1 unspecified atom stereocenters. The summed E-state index contributed by atoms with van der Waals surface area (Å²) in [4.78, 5) is 0. The van der Waals surface area contributed by atoms with E-state index in [9.17, 15) is 4.39 Å². The summed E-state index contributed by atoms with van der Waals surface area (Å²) >= 11 is 3.55. The van der Waals surface area contributed by atoms with Crippen molar-refractivity contribution < 1.29 is 4.39 Å². The topological polar surface area (TPSA) is 26.0 Å². The lowest BCUT2D eigenvalue weighted by atomic mass is 9.93. The molecule has 0 bridgehead atoms. The lowest BCUT2D eigenvalue weighted by molar-refractivity contribution is 0.591. The van der Waals surface area contributed by atoms with Crippen LogP contribution in [-0.2, 0) is 0 Å². The number of nitrogens with two attached hydrogens (primary N) is 1. The first-order chi connectivity index (χ1) is 10.1. The number of aryl methyl sites for hydroxylation is 1. The molecule has 0 saturated heterocycles. The monoisotopic (exact) mass is 343 g/mol. The van der Waals surface area contributed by atoms with Crippen molar-refractivity contribution in [2.24, 2.45) is 5.73 Å². The molecule has 0 amide bonds. The van der Waals surface area contributed by atoms with Gasteiger partial charge >= 0.3 is 0 Å². The summed E-state index contributed by atoms with van der Waals surface area (Å²) in [5.41, 5.74) is 8.42. The number of hydrogen-bond donors (Lipinski definition) is 1. The molecule has 3 aromatic rings. The van der Waals surface area contributed by atoms with E-state index in [1.807, 2.05) is 42.5 Å². The van der Waals surface area contributed by atoms with Crippen LogP contribution in [0.3, 0.4) is 0 Å². The van der Waals surface area contributed by atoms with Gasteiger partial charge in [-0.3, -0.25) is 0 Å². The van der Waals surface area contributed by atoms with Gasteiger partial charge in [0.15, 0.2) is 0 Å². The molecule has 0 aliphatic heterocycles. The summed E-state index contributed by atoms with van der Waals surface area (Å²) in [6.07, 6.45) is 0. The maximum absolute atomic E-state index is 14.3. The van der Waals surface area contributed by atoms with Gasteiger partial charge in [-0.25, -0.2) is 4.39 Å². The first-order valence-corrected chi connectivity index (χ1v) is 7.56. The largest absolute Gasteiger partial charge is 0.320 e. The normalized spacial score (nSPS) is 12.6. The molecule has 2 N–H and O–H groups in total. The molecular formula is C18H15BrFN. The predicted molar refractivity (Wildman–Crippen MR) is 88.8 cm³/mol. The van der Waals surface area contributed by atoms with E-state index in [0.29, 0.717) is 11.1 Å². The minimum absolute atomic E-state index is 0.225. The number of benzene rings is 3. The number of halogens is 2. The fourth-order valence-electron chi connectivity index (χ4n) is 2.63. The Kier molecular flexibility index (Phi) is 3.79. The third-order valence-corrected chi connectivity index (χ3v) is 4.49. The smallest absolute Gasteiger partial charge is 0.131 e. The highest BCUT2D eigenvalue weighted by Gasteiger charge is 2.17. The summed E-state index contributed by atoms with van der Waals surface area (Å²) in [6, 6.07) is 16.8. The van der Waals surface area contributed by atoms with Crippen molar-refractivity contribution in [1.82, 2.24) is 0 Å². The number of rotatable bonds is 2. The van der Waals surface area contributed by atoms with E-state index in [1.54, 1.807) is 19.1 Å². The molecule has 3 rings (SSSR count). The van der Waals surface area contributed by atoms with Crippen LogP contribution in [0.1, 0.15) is 22.7 Å². The molecule has 3 aromatic carbocycles. The standard InChI is InChI=1S/C18H15BrFN/c1-11-5-4-8-15(17(11)20)18(21)14-9-10-16(19)13-7-3-2-6-12(13)14/h2-10,18H,21H2,1H3. The summed E-state index contributed by atoms with van der Waals surface area (Å²) < 4.78 is 15.3.